The van der Waals surface area contributed by atoms with Crippen LogP contribution in [0.15, 0.2) is 18.3 Å². The molecule has 0 unspecified atom stereocenters. The molecule has 96 valence electrons. The van der Waals surface area contributed by atoms with E-state index in [0.29, 0.717) is 0 Å². The minimum atomic E-state index is -0.357. The van der Waals surface area contributed by atoms with Gasteiger partial charge in [-0.25, -0.2) is 4.98 Å². The molecular formula is C13H16AlBN2O2. The van der Waals surface area contributed by atoms with E-state index in [2.05, 4.69) is 60.0 Å². The molecule has 1 fully saturated rings. The summed E-state index contributed by atoms with van der Waals surface area (Å²) in [6.45, 7) is 8.21. The Morgan fingerprint density at radius 3 is 2.42 bits per heavy atom. The second-order valence-electron chi connectivity index (χ2n) is 6.02. The fraction of sp³-hybridized carbons (Fsp3) is 0.462. The van der Waals surface area contributed by atoms with Crippen molar-refractivity contribution in [1.82, 2.24) is 9.97 Å². The smallest absolute Gasteiger partial charge is 0.399 e. The zero-order valence-electron chi connectivity index (χ0n) is 11.7. The predicted molar refractivity (Wildman–Crippen MR) is 77.2 cm³/mol. The third-order valence-corrected chi connectivity index (χ3v) is 4.35. The highest BCUT2D eigenvalue weighted by Crippen LogP contribution is 2.36. The van der Waals surface area contributed by atoms with Crippen LogP contribution in [-0.2, 0) is 9.31 Å². The predicted octanol–water partition coefficient (Wildman–Crippen LogP) is 0.656. The van der Waals surface area contributed by atoms with E-state index in [4.69, 9.17) is 9.31 Å². The largest absolute Gasteiger partial charge is 0.496 e. The summed E-state index contributed by atoms with van der Waals surface area (Å²) in [7, 11) is -0.357. The molecule has 2 radical (unpaired) electrons. The molecule has 3 rings (SSSR count). The highest BCUT2D eigenvalue weighted by molar-refractivity contribution is 6.62. The molecule has 3 heterocycles. The summed E-state index contributed by atoms with van der Waals surface area (Å²) in [5, 5.41) is 1.07. The number of H-pyrrole nitrogens is 1. The van der Waals surface area contributed by atoms with Gasteiger partial charge in [-0.1, -0.05) is 10.6 Å². The first-order valence-electron chi connectivity index (χ1n) is 6.38. The van der Waals surface area contributed by atoms with Crippen molar-refractivity contribution in [2.24, 2.45) is 0 Å². The van der Waals surface area contributed by atoms with Gasteiger partial charge < -0.3 is 14.3 Å². The van der Waals surface area contributed by atoms with E-state index in [1.807, 2.05) is 12.3 Å². The molecule has 0 amide bonds. The number of aromatic nitrogens is 2. The van der Waals surface area contributed by atoms with E-state index >= 15 is 0 Å². The average Bonchev–Trinajstić information content (AvgIpc) is 2.74. The molecule has 2 aromatic heterocycles. The Kier molecular flexibility index (Phi) is 2.85. The minimum absolute atomic E-state index is 0.323. The molecular weight excluding hydrogens is 254 g/mol. The van der Waals surface area contributed by atoms with Crippen LogP contribution >= 0.6 is 0 Å². The van der Waals surface area contributed by atoms with Gasteiger partial charge in [0.1, 0.15) is 5.65 Å². The molecule has 1 aliphatic rings. The number of aromatic amines is 1. The molecule has 0 aromatic carbocycles. The second-order valence-corrected chi connectivity index (χ2v) is 6.64. The quantitative estimate of drug-likeness (QED) is 0.774. The maximum atomic E-state index is 6.03. The highest BCUT2D eigenvalue weighted by Gasteiger charge is 2.51. The van der Waals surface area contributed by atoms with Crippen molar-refractivity contribution in [3.8, 4) is 0 Å². The van der Waals surface area contributed by atoms with E-state index in [1.54, 1.807) is 0 Å². The SMILES string of the molecule is CC1(C)OB(c2cnc3[nH][c]([Al])cc3c2)OC1(C)C. The average molecular weight is 270 g/mol. The number of rotatable bonds is 1. The van der Waals surface area contributed by atoms with Crippen molar-refractivity contribution in [1.29, 1.82) is 0 Å². The number of hydrogen-bond donors (Lipinski definition) is 1. The summed E-state index contributed by atoms with van der Waals surface area (Å²) in [5.41, 5.74) is 1.19. The zero-order valence-corrected chi connectivity index (χ0v) is 12.8. The molecule has 0 spiro atoms. The first-order valence-corrected chi connectivity index (χ1v) is 6.96. The molecule has 0 saturated carbocycles. The van der Waals surface area contributed by atoms with E-state index in [1.165, 1.54) is 0 Å². The molecule has 1 N–H and O–H groups in total. The van der Waals surface area contributed by atoms with Crippen LogP contribution in [0, 0.1) is 0 Å². The van der Waals surface area contributed by atoms with Crippen molar-refractivity contribution in [3.05, 3.63) is 18.3 Å². The van der Waals surface area contributed by atoms with Crippen LogP contribution < -0.4 is 10.0 Å². The van der Waals surface area contributed by atoms with Gasteiger partial charge >= 0.3 is 7.12 Å². The summed E-state index contributed by atoms with van der Waals surface area (Å²) in [4.78, 5) is 7.59. The topological polar surface area (TPSA) is 47.1 Å². The molecule has 2 aromatic rings. The fourth-order valence-electron chi connectivity index (χ4n) is 2.16. The van der Waals surface area contributed by atoms with Gasteiger partial charge in [0.05, 0.1) is 11.2 Å². The summed E-state index contributed by atoms with van der Waals surface area (Å²) in [6.07, 6.45) is 1.81. The van der Waals surface area contributed by atoms with Gasteiger partial charge in [0.2, 0.25) is 16.3 Å². The second kappa shape index (κ2) is 4.10. The zero-order chi connectivity index (χ0) is 13.8. The normalized spacial score (nSPS) is 21.2. The maximum Gasteiger partial charge on any atom is 0.496 e. The minimum Gasteiger partial charge on any atom is -0.399 e. The van der Waals surface area contributed by atoms with Crippen molar-refractivity contribution in [3.63, 3.8) is 0 Å². The van der Waals surface area contributed by atoms with Gasteiger partial charge in [0, 0.05) is 17.0 Å². The summed E-state index contributed by atoms with van der Waals surface area (Å²) in [6, 6.07) is 4.11. The molecule has 6 heteroatoms. The molecule has 0 aliphatic carbocycles. The lowest BCUT2D eigenvalue weighted by molar-refractivity contribution is 0.00578. The Morgan fingerprint density at radius 2 is 1.79 bits per heavy atom. The van der Waals surface area contributed by atoms with Crippen molar-refractivity contribution in [2.45, 2.75) is 38.9 Å². The van der Waals surface area contributed by atoms with Crippen molar-refractivity contribution in [2.75, 3.05) is 0 Å². The number of fused-ring (bicyclic) bond motifs is 1. The Labute approximate surface area is 121 Å². The van der Waals surface area contributed by atoms with Gasteiger partial charge in [-0.2, -0.15) is 0 Å². The van der Waals surface area contributed by atoms with Crippen molar-refractivity contribution >= 4 is 44.5 Å². The number of hydrogen-bond acceptors (Lipinski definition) is 3. The van der Waals surface area contributed by atoms with Gasteiger partial charge in [-0.05, 0) is 33.8 Å². The van der Waals surface area contributed by atoms with Crippen LogP contribution in [0.4, 0.5) is 0 Å². The van der Waals surface area contributed by atoms with Crippen molar-refractivity contribution < 1.29 is 9.31 Å². The first kappa shape index (κ1) is 13.2. The van der Waals surface area contributed by atoms with Crippen LogP contribution in [0.3, 0.4) is 0 Å². The summed E-state index contributed by atoms with van der Waals surface area (Å²) in [5.74, 6) is 0. The lowest BCUT2D eigenvalue weighted by Gasteiger charge is -2.32. The number of nitrogens with one attached hydrogen (secondary N) is 1. The van der Waals surface area contributed by atoms with Crippen LogP contribution in [0.5, 0.6) is 0 Å². The van der Waals surface area contributed by atoms with E-state index in [0.717, 1.165) is 21.1 Å². The van der Waals surface area contributed by atoms with E-state index in [9.17, 15) is 0 Å². The van der Waals surface area contributed by atoms with Gasteiger partial charge in [0.25, 0.3) is 0 Å². The van der Waals surface area contributed by atoms with Gasteiger partial charge in [-0.15, -0.1) is 0 Å². The molecule has 1 saturated heterocycles. The van der Waals surface area contributed by atoms with E-state index < -0.39 is 0 Å². The number of pyridine rings is 1. The Hall–Kier alpha value is -0.793. The highest BCUT2D eigenvalue weighted by atomic mass is 27.0. The Bertz CT molecular complexity index is 623. The third kappa shape index (κ3) is 2.13. The number of nitrogens with zero attached hydrogens (tertiary/aromatic N) is 1. The summed E-state index contributed by atoms with van der Waals surface area (Å²) >= 11 is 2.64. The van der Waals surface area contributed by atoms with E-state index in [-0.39, 0.29) is 18.3 Å². The lowest BCUT2D eigenvalue weighted by atomic mass is 9.80. The van der Waals surface area contributed by atoms with Gasteiger partial charge in [0.15, 0.2) is 0 Å². The lowest BCUT2D eigenvalue weighted by Crippen LogP contribution is -2.41. The molecule has 19 heavy (non-hydrogen) atoms. The Morgan fingerprint density at radius 1 is 1.16 bits per heavy atom. The van der Waals surface area contributed by atoms with Gasteiger partial charge in [-0.3, -0.25) is 0 Å². The monoisotopic (exact) mass is 270 g/mol. The fourth-order valence-corrected chi connectivity index (χ4v) is 2.48. The van der Waals surface area contributed by atoms with Crippen LogP contribution in [0.1, 0.15) is 27.7 Å². The van der Waals surface area contributed by atoms with Crippen LogP contribution in [0.25, 0.3) is 11.0 Å². The summed E-state index contributed by atoms with van der Waals surface area (Å²) < 4.78 is 13.1. The third-order valence-electron chi connectivity index (χ3n) is 4.04. The first-order chi connectivity index (χ1) is 8.78. The van der Waals surface area contributed by atoms with Crippen LogP contribution in [0.2, 0.25) is 0 Å². The Balaban J connectivity index is 1.97. The molecule has 4 nitrogen and oxygen atoms in total. The maximum absolute atomic E-state index is 6.03. The molecule has 0 bridgehead atoms. The van der Waals surface area contributed by atoms with Crippen LogP contribution in [-0.4, -0.2) is 44.6 Å². The molecule has 0 atom stereocenters. The standard InChI is InChI=1S/C13H16BN2O2.Al/c1-12(2)13(3,4)18-14(17-12)10-7-9-5-6-15-11(9)16-8-10;/h5,7-8H,1-4H3,(H,15,16);. The molecule has 1 aliphatic heterocycles.